The number of aromatic nitrogens is 1. The molecule has 1 aliphatic heterocycles. The lowest BCUT2D eigenvalue weighted by Gasteiger charge is -2.37. The molecule has 1 fully saturated rings. The van der Waals surface area contributed by atoms with Crippen LogP contribution in [0.5, 0.6) is 17.2 Å². The van der Waals surface area contributed by atoms with Crippen LogP contribution in [-0.4, -0.2) is 119 Å². The Balaban J connectivity index is 0.000000260. The maximum atomic E-state index is 15.7. The quantitative estimate of drug-likeness (QED) is 0.0355. The number of likely N-dealkylation sites (N-methyl/N-ethyl adjacent to an activating group) is 1. The molecule has 19 nitrogen and oxygen atoms in total. The van der Waals surface area contributed by atoms with Crippen molar-refractivity contribution in [2.24, 2.45) is 0 Å². The number of benzene rings is 4. The van der Waals surface area contributed by atoms with Crippen LogP contribution in [-0.2, 0) is 34.4 Å². The van der Waals surface area contributed by atoms with Crippen molar-refractivity contribution in [2.75, 3.05) is 71.5 Å². The molecule has 1 saturated carbocycles. The van der Waals surface area contributed by atoms with Gasteiger partial charge in [-0.3, -0.25) is 24.6 Å². The van der Waals surface area contributed by atoms with Gasteiger partial charge in [0.1, 0.15) is 28.3 Å². The van der Waals surface area contributed by atoms with Gasteiger partial charge in [-0.15, -0.1) is 0 Å². The lowest BCUT2D eigenvalue weighted by Crippen LogP contribution is -2.43. The van der Waals surface area contributed by atoms with E-state index in [4.69, 9.17) is 9.47 Å². The van der Waals surface area contributed by atoms with Crippen LogP contribution in [0.1, 0.15) is 62.3 Å². The van der Waals surface area contributed by atoms with Crippen LogP contribution in [0.2, 0.25) is 0 Å². The molecule has 1 amide bonds. The van der Waals surface area contributed by atoms with Crippen molar-refractivity contribution in [3.63, 3.8) is 0 Å². The van der Waals surface area contributed by atoms with E-state index in [1.807, 2.05) is 19.0 Å². The highest BCUT2D eigenvalue weighted by molar-refractivity contribution is 9.10. The number of pyridine rings is 1. The summed E-state index contributed by atoms with van der Waals surface area (Å²) >= 11 is 6.16. The van der Waals surface area contributed by atoms with Crippen molar-refractivity contribution in [2.45, 2.75) is 31.1 Å². The number of anilines is 2. The number of hydrogen-bond acceptors (Lipinski definition) is 16. The molecule has 1 spiro atoms. The molecule has 1 aromatic heterocycles. The standard InChI is InChI=1S/C29H33FN4O6S.C8H6BrNO5.C8H7BrO3/c1-33(2)10-7-11-40-26-20(27(35)39-4)12-17(13-23(26)32-41(5,37)38)18-14-19-22(15-21(18)30)31-16-24-25(19)29(8-6-9-29)28(36)34(24)3;1-15-8(12)5-2-4(9)3-6(7(5)11)10(13)14;1-12-8(11)6-4-5(9)2-3-7(6)10/h12-16,32H,6-11H2,1-5H3;2-3,11H,1H3;2-4,10H,1H3. The summed E-state index contributed by atoms with van der Waals surface area (Å²) in [6.45, 7) is 0.909. The second kappa shape index (κ2) is 21.7. The van der Waals surface area contributed by atoms with E-state index in [2.05, 4.69) is 51.0 Å². The van der Waals surface area contributed by atoms with Crippen LogP contribution < -0.4 is 14.4 Å². The van der Waals surface area contributed by atoms with Crippen molar-refractivity contribution in [1.82, 2.24) is 9.88 Å². The molecule has 3 N–H and O–H groups in total. The van der Waals surface area contributed by atoms with Gasteiger partial charge in [-0.2, -0.15) is 0 Å². The molecule has 5 aromatic rings. The fourth-order valence-corrected chi connectivity index (χ4v) is 8.87. The summed E-state index contributed by atoms with van der Waals surface area (Å²) in [6.07, 6.45) is 5.50. The number of nitro groups is 1. The lowest BCUT2D eigenvalue weighted by atomic mass is 9.64. The summed E-state index contributed by atoms with van der Waals surface area (Å²) in [5, 5.41) is 29.8. The maximum Gasteiger partial charge on any atom is 0.341 e. The summed E-state index contributed by atoms with van der Waals surface area (Å²) in [5.41, 5.74) is 0.892. The largest absolute Gasteiger partial charge is 0.507 e. The van der Waals surface area contributed by atoms with Crippen molar-refractivity contribution >= 4 is 93.7 Å². The third-order valence-electron chi connectivity index (χ3n) is 10.8. The summed E-state index contributed by atoms with van der Waals surface area (Å²) < 4.78 is 63.5. The minimum absolute atomic E-state index is 0.00214. The number of phenols is 2. The van der Waals surface area contributed by atoms with Crippen LogP contribution in [0.3, 0.4) is 0 Å². The predicted molar refractivity (Wildman–Crippen MR) is 255 cm³/mol. The smallest absolute Gasteiger partial charge is 0.341 e. The van der Waals surface area contributed by atoms with Crippen molar-refractivity contribution in [3.8, 4) is 28.4 Å². The lowest BCUT2D eigenvalue weighted by molar-refractivity contribution is -0.386. The summed E-state index contributed by atoms with van der Waals surface area (Å²) in [6, 6.07) is 12.7. The van der Waals surface area contributed by atoms with Crippen LogP contribution >= 0.6 is 31.9 Å². The third kappa shape index (κ3) is 11.5. The molecule has 23 heteroatoms. The number of nitrogens with one attached hydrogen (secondary N) is 1. The van der Waals surface area contributed by atoms with Gasteiger partial charge in [0.05, 0.1) is 67.6 Å². The number of carbonyl (C=O) groups excluding carboxylic acids is 4. The highest BCUT2D eigenvalue weighted by Crippen LogP contribution is 2.55. The molecule has 7 rings (SSSR count). The van der Waals surface area contributed by atoms with Gasteiger partial charge in [-0.05, 0) is 81.4 Å². The number of halogens is 3. The Hall–Kier alpha value is -6.43. The van der Waals surface area contributed by atoms with Gasteiger partial charge in [0.25, 0.3) is 0 Å². The number of carbonyl (C=O) groups is 4. The Morgan fingerprint density at radius 1 is 0.941 bits per heavy atom. The number of ether oxygens (including phenoxy) is 4. The number of nitrogens with zero attached hydrogens (tertiary/aromatic N) is 4. The average molecular weight is 1090 g/mol. The third-order valence-corrected chi connectivity index (χ3v) is 12.4. The number of rotatable bonds is 12. The maximum absolute atomic E-state index is 15.7. The number of sulfonamides is 1. The van der Waals surface area contributed by atoms with Crippen LogP contribution in [0, 0.1) is 15.9 Å². The van der Waals surface area contributed by atoms with Gasteiger partial charge >= 0.3 is 23.6 Å². The monoisotopic (exact) mass is 1090 g/mol. The van der Waals surface area contributed by atoms with E-state index in [-0.39, 0.29) is 57.5 Å². The number of fused-ring (bicyclic) bond motifs is 4. The highest BCUT2D eigenvalue weighted by Gasteiger charge is 2.54. The van der Waals surface area contributed by atoms with Crippen LogP contribution in [0.15, 0.2) is 69.7 Å². The number of phenolic OH excluding ortho intramolecular Hbond substituents is 2. The number of esters is 3. The number of hydrogen-bond donors (Lipinski definition) is 3. The molecule has 0 unspecified atom stereocenters. The first kappa shape index (κ1) is 52.5. The minimum atomic E-state index is -3.81. The topological polar surface area (TPSA) is 254 Å². The van der Waals surface area contributed by atoms with Gasteiger partial charge in [-0.1, -0.05) is 38.3 Å². The van der Waals surface area contributed by atoms with E-state index in [0.29, 0.717) is 46.9 Å². The van der Waals surface area contributed by atoms with Gasteiger partial charge < -0.3 is 39.0 Å². The van der Waals surface area contributed by atoms with E-state index in [1.54, 1.807) is 30.3 Å². The Morgan fingerprint density at radius 2 is 1.56 bits per heavy atom. The number of nitro benzene ring substituents is 1. The molecular formula is C45H46Br2FN5O14S. The van der Waals surface area contributed by atoms with E-state index >= 15 is 4.39 Å². The average Bonchev–Trinajstić information content (AvgIpc) is 3.51. The van der Waals surface area contributed by atoms with E-state index < -0.39 is 55.5 Å². The number of methoxy groups -OCH3 is 3. The molecule has 0 atom stereocenters. The number of aromatic hydroxyl groups is 2. The molecular weight excluding hydrogens is 1050 g/mol. The van der Waals surface area contributed by atoms with Gasteiger partial charge in [-0.25, -0.2) is 27.2 Å². The fourth-order valence-electron chi connectivity index (χ4n) is 7.52. The minimum Gasteiger partial charge on any atom is -0.507 e. The second-order valence-electron chi connectivity index (χ2n) is 15.7. The van der Waals surface area contributed by atoms with E-state index in [1.165, 1.54) is 50.6 Å². The molecule has 362 valence electrons. The molecule has 2 aliphatic rings. The molecule has 4 aromatic carbocycles. The SMILES string of the molecule is COC(=O)c1cc(-c2cc3c4c(cnc3cc2F)N(C)C(=O)C42CCC2)cc(NS(C)(=O)=O)c1OCCCN(C)C.COC(=O)c1cc(Br)cc([N+](=O)[O-])c1O.COC(=O)c1cc(Br)ccc1O. The Bertz CT molecular complexity index is 2930. The molecule has 0 radical (unpaired) electrons. The molecule has 0 saturated heterocycles. The van der Waals surface area contributed by atoms with Crippen molar-refractivity contribution < 1.29 is 66.1 Å². The summed E-state index contributed by atoms with van der Waals surface area (Å²) in [7, 11) is 5.32. The van der Waals surface area contributed by atoms with E-state index in [9.17, 15) is 47.9 Å². The first-order chi connectivity index (χ1) is 32.0. The normalized spacial score (nSPS) is 13.3. The van der Waals surface area contributed by atoms with Crippen LogP contribution in [0.25, 0.3) is 22.0 Å². The van der Waals surface area contributed by atoms with Gasteiger partial charge in [0.2, 0.25) is 21.7 Å². The second-order valence-corrected chi connectivity index (χ2v) is 19.2. The van der Waals surface area contributed by atoms with Gasteiger partial charge in [0, 0.05) is 51.2 Å². The molecule has 68 heavy (non-hydrogen) atoms. The zero-order valence-corrected chi connectivity index (χ0v) is 41.6. The Morgan fingerprint density at radius 3 is 2.13 bits per heavy atom. The first-order valence-electron chi connectivity index (χ1n) is 20.2. The Kier molecular flexibility index (Phi) is 16.8. The van der Waals surface area contributed by atoms with Gasteiger partial charge in [0.15, 0.2) is 5.75 Å². The molecule has 1 aliphatic carbocycles. The summed E-state index contributed by atoms with van der Waals surface area (Å²) in [5.74, 6) is -3.55. The zero-order chi connectivity index (χ0) is 50.4. The number of amides is 1. The molecule has 0 bridgehead atoms. The molecule has 2 heterocycles. The predicted octanol–water partition coefficient (Wildman–Crippen LogP) is 7.72. The van der Waals surface area contributed by atoms with Crippen molar-refractivity contribution in [1.29, 1.82) is 0 Å². The zero-order valence-electron chi connectivity index (χ0n) is 37.6. The van der Waals surface area contributed by atoms with E-state index in [0.717, 1.165) is 35.9 Å². The fraction of sp³-hybridized carbons (Fsp3) is 0.311. The Labute approximate surface area is 406 Å². The summed E-state index contributed by atoms with van der Waals surface area (Å²) in [4.78, 5) is 66.0. The first-order valence-corrected chi connectivity index (χ1v) is 23.7. The van der Waals surface area contributed by atoms with Crippen LogP contribution in [0.4, 0.5) is 21.5 Å². The van der Waals surface area contributed by atoms with Crippen molar-refractivity contribution in [3.05, 3.63) is 108 Å². The highest BCUT2D eigenvalue weighted by atomic mass is 79.9.